The van der Waals surface area contributed by atoms with E-state index in [0.717, 1.165) is 5.56 Å². The normalized spacial score (nSPS) is 20.5. The summed E-state index contributed by atoms with van der Waals surface area (Å²) in [5.74, 6) is -0.364. The zero-order valence-electron chi connectivity index (χ0n) is 14.5. The number of hydrogen-bond donors (Lipinski definition) is 1. The van der Waals surface area contributed by atoms with Crippen LogP contribution in [0, 0.1) is 5.92 Å². The highest BCUT2D eigenvalue weighted by atomic mass is 32.1. The average Bonchev–Trinajstić information content (AvgIpc) is 2.54. The Bertz CT molecular complexity index is 626. The van der Waals surface area contributed by atoms with Crippen LogP contribution in [0.2, 0.25) is 0 Å². The van der Waals surface area contributed by atoms with Crippen LogP contribution in [0.5, 0.6) is 0 Å². The minimum absolute atomic E-state index is 0.225. The van der Waals surface area contributed by atoms with Gasteiger partial charge in [0.25, 0.3) is 0 Å². The Morgan fingerprint density at radius 2 is 1.96 bits per heavy atom. The SMILES string of the molecule is COCCOC(=O)C1C(C)=NC(=S)NC1c1ccc(C(C)C)cc1. The van der Waals surface area contributed by atoms with Gasteiger partial charge in [0.2, 0.25) is 0 Å². The lowest BCUT2D eigenvalue weighted by atomic mass is 9.87. The monoisotopic (exact) mass is 348 g/mol. The molecule has 2 atom stereocenters. The molecule has 6 heteroatoms. The molecule has 0 aliphatic carbocycles. The van der Waals surface area contributed by atoms with E-state index in [1.807, 2.05) is 19.1 Å². The molecule has 0 saturated carbocycles. The Morgan fingerprint density at radius 1 is 1.29 bits per heavy atom. The van der Waals surface area contributed by atoms with Gasteiger partial charge < -0.3 is 14.8 Å². The van der Waals surface area contributed by atoms with Crippen molar-refractivity contribution >= 4 is 29.0 Å². The van der Waals surface area contributed by atoms with Crippen molar-refractivity contribution in [3.8, 4) is 0 Å². The first-order valence-corrected chi connectivity index (χ1v) is 8.46. The first-order valence-electron chi connectivity index (χ1n) is 8.05. The number of aliphatic imine (C=N–C) groups is 1. The molecule has 0 saturated heterocycles. The minimum Gasteiger partial charge on any atom is -0.463 e. The molecule has 1 aromatic carbocycles. The van der Waals surface area contributed by atoms with Gasteiger partial charge in [0.05, 0.1) is 12.6 Å². The predicted molar refractivity (Wildman–Crippen MR) is 98.4 cm³/mol. The summed E-state index contributed by atoms with van der Waals surface area (Å²) < 4.78 is 10.2. The minimum atomic E-state index is -0.501. The van der Waals surface area contributed by atoms with Gasteiger partial charge in [-0.25, -0.2) is 4.99 Å². The van der Waals surface area contributed by atoms with Gasteiger partial charge in [-0.1, -0.05) is 38.1 Å². The van der Waals surface area contributed by atoms with Gasteiger partial charge in [-0.15, -0.1) is 0 Å². The quantitative estimate of drug-likeness (QED) is 0.486. The molecule has 130 valence electrons. The number of ether oxygens (including phenoxy) is 2. The third kappa shape index (κ3) is 4.39. The standard InChI is InChI=1S/C18H24N2O3S/c1-11(2)13-5-7-14(8-6-13)16-15(12(3)19-18(24)20-16)17(21)23-10-9-22-4/h5-8,11,15-16H,9-10H2,1-4H3,(H,20,24). The molecule has 0 radical (unpaired) electrons. The summed E-state index contributed by atoms with van der Waals surface area (Å²) in [5.41, 5.74) is 2.91. The highest BCUT2D eigenvalue weighted by Crippen LogP contribution is 2.29. The third-order valence-corrected chi connectivity index (χ3v) is 4.30. The van der Waals surface area contributed by atoms with Crippen LogP contribution in [0.25, 0.3) is 0 Å². The topological polar surface area (TPSA) is 59.9 Å². The molecular weight excluding hydrogens is 324 g/mol. The van der Waals surface area contributed by atoms with E-state index in [1.54, 1.807) is 7.11 Å². The van der Waals surface area contributed by atoms with Gasteiger partial charge in [-0.2, -0.15) is 0 Å². The molecule has 1 aromatic rings. The zero-order chi connectivity index (χ0) is 17.7. The number of benzene rings is 1. The second-order valence-corrected chi connectivity index (χ2v) is 6.53. The Morgan fingerprint density at radius 3 is 2.54 bits per heavy atom. The predicted octanol–water partition coefficient (Wildman–Crippen LogP) is 3.01. The van der Waals surface area contributed by atoms with Crippen LogP contribution in [-0.4, -0.2) is 37.1 Å². The summed E-state index contributed by atoms with van der Waals surface area (Å²) in [4.78, 5) is 16.7. The molecule has 2 unspecified atom stereocenters. The van der Waals surface area contributed by atoms with E-state index in [-0.39, 0.29) is 18.6 Å². The number of thiocarbonyl (C=S) groups is 1. The molecule has 2 rings (SSSR count). The Labute approximate surface area is 148 Å². The summed E-state index contributed by atoms with van der Waals surface area (Å²) in [6.45, 7) is 6.70. The summed E-state index contributed by atoms with van der Waals surface area (Å²) in [7, 11) is 1.57. The zero-order valence-corrected chi connectivity index (χ0v) is 15.4. The largest absolute Gasteiger partial charge is 0.463 e. The first-order chi connectivity index (χ1) is 11.4. The molecule has 0 spiro atoms. The lowest BCUT2D eigenvalue weighted by Crippen LogP contribution is -2.44. The van der Waals surface area contributed by atoms with Crippen LogP contribution in [0.4, 0.5) is 0 Å². The molecule has 0 aromatic heterocycles. The van der Waals surface area contributed by atoms with Crippen molar-refractivity contribution in [2.75, 3.05) is 20.3 Å². The fourth-order valence-electron chi connectivity index (χ4n) is 2.71. The maximum absolute atomic E-state index is 12.5. The molecule has 0 fully saturated rings. The Hall–Kier alpha value is -1.79. The van der Waals surface area contributed by atoms with Gasteiger partial charge in [0.15, 0.2) is 5.11 Å². The van der Waals surface area contributed by atoms with Crippen molar-refractivity contribution in [2.45, 2.75) is 32.7 Å². The highest BCUT2D eigenvalue weighted by molar-refractivity contribution is 7.80. The molecular formula is C18H24N2O3S. The molecule has 24 heavy (non-hydrogen) atoms. The number of rotatable bonds is 6. The van der Waals surface area contributed by atoms with Crippen molar-refractivity contribution in [1.29, 1.82) is 0 Å². The maximum atomic E-state index is 12.5. The van der Waals surface area contributed by atoms with Crippen molar-refractivity contribution in [2.24, 2.45) is 10.9 Å². The van der Waals surface area contributed by atoms with E-state index in [0.29, 0.717) is 23.3 Å². The van der Waals surface area contributed by atoms with Crippen LogP contribution >= 0.6 is 12.2 Å². The lowest BCUT2D eigenvalue weighted by Gasteiger charge is -2.31. The first kappa shape index (κ1) is 18.5. The fraction of sp³-hybridized carbons (Fsp3) is 0.500. The van der Waals surface area contributed by atoms with E-state index >= 15 is 0 Å². The summed E-state index contributed by atoms with van der Waals surface area (Å²) in [6.07, 6.45) is 0. The number of hydrogen-bond acceptors (Lipinski definition) is 4. The number of carbonyl (C=O) groups excluding carboxylic acids is 1. The van der Waals surface area contributed by atoms with Crippen LogP contribution < -0.4 is 5.32 Å². The highest BCUT2D eigenvalue weighted by Gasteiger charge is 2.36. The van der Waals surface area contributed by atoms with Crippen molar-refractivity contribution < 1.29 is 14.3 Å². The van der Waals surface area contributed by atoms with Gasteiger partial charge in [-0.05, 0) is 36.2 Å². The van der Waals surface area contributed by atoms with Crippen LogP contribution in [-0.2, 0) is 14.3 Å². The van der Waals surface area contributed by atoms with E-state index in [1.165, 1.54) is 5.56 Å². The second kappa shape index (κ2) is 8.35. The number of carbonyl (C=O) groups is 1. The van der Waals surface area contributed by atoms with Gasteiger partial charge >= 0.3 is 5.97 Å². The second-order valence-electron chi connectivity index (χ2n) is 6.14. The lowest BCUT2D eigenvalue weighted by molar-refractivity contribution is -0.148. The van der Waals surface area contributed by atoms with Crippen molar-refractivity contribution in [3.05, 3.63) is 35.4 Å². The Balaban J connectivity index is 2.25. The van der Waals surface area contributed by atoms with Gasteiger partial charge in [0, 0.05) is 12.8 Å². The molecule has 1 aliphatic heterocycles. The summed E-state index contributed by atoms with van der Waals surface area (Å²) in [5, 5.41) is 3.54. The van der Waals surface area contributed by atoms with E-state index in [9.17, 15) is 4.79 Å². The fourth-order valence-corrected chi connectivity index (χ4v) is 2.98. The molecule has 1 N–H and O–H groups in total. The molecule has 0 amide bonds. The maximum Gasteiger partial charge on any atom is 0.317 e. The van der Waals surface area contributed by atoms with Gasteiger partial charge in [0.1, 0.15) is 12.5 Å². The van der Waals surface area contributed by atoms with E-state index in [2.05, 4.69) is 36.3 Å². The number of methoxy groups -OCH3 is 1. The molecule has 1 heterocycles. The van der Waals surface area contributed by atoms with Crippen molar-refractivity contribution in [3.63, 3.8) is 0 Å². The van der Waals surface area contributed by atoms with Crippen molar-refractivity contribution in [1.82, 2.24) is 5.32 Å². The average molecular weight is 348 g/mol. The van der Waals surface area contributed by atoms with Gasteiger partial charge in [-0.3, -0.25) is 4.79 Å². The molecule has 1 aliphatic rings. The number of esters is 1. The summed E-state index contributed by atoms with van der Waals surface area (Å²) in [6, 6.07) is 7.96. The smallest absolute Gasteiger partial charge is 0.317 e. The molecule has 0 bridgehead atoms. The van der Waals surface area contributed by atoms with Crippen LogP contribution in [0.1, 0.15) is 43.9 Å². The third-order valence-electron chi connectivity index (χ3n) is 4.09. The van der Waals surface area contributed by atoms with Crippen LogP contribution in [0.15, 0.2) is 29.3 Å². The number of nitrogens with one attached hydrogen (secondary N) is 1. The molecule has 5 nitrogen and oxygen atoms in total. The van der Waals surface area contributed by atoms with E-state index in [4.69, 9.17) is 21.7 Å². The Kier molecular flexibility index (Phi) is 6.45. The van der Waals surface area contributed by atoms with Crippen LogP contribution in [0.3, 0.4) is 0 Å². The summed E-state index contributed by atoms with van der Waals surface area (Å²) >= 11 is 5.20. The van der Waals surface area contributed by atoms with E-state index < -0.39 is 5.92 Å². The number of nitrogens with zero attached hydrogens (tertiary/aromatic N) is 1.